The van der Waals surface area contributed by atoms with E-state index in [4.69, 9.17) is 14.2 Å². The molecule has 0 aliphatic heterocycles. The summed E-state index contributed by atoms with van der Waals surface area (Å²) in [5.41, 5.74) is 0. The van der Waals surface area contributed by atoms with Crippen molar-refractivity contribution in [1.29, 1.82) is 0 Å². The molecule has 0 aromatic rings. The van der Waals surface area contributed by atoms with Crippen LogP contribution >= 0.6 is 0 Å². The first-order valence-corrected chi connectivity index (χ1v) is 24.0. The van der Waals surface area contributed by atoms with Crippen LogP contribution < -0.4 is 0 Å². The molecule has 1 atom stereocenters. The van der Waals surface area contributed by atoms with E-state index in [1.165, 1.54) is 51.4 Å². The molecule has 1 unspecified atom stereocenters. The number of rotatable bonds is 41. The smallest absolute Gasteiger partial charge is 0.306 e. The van der Waals surface area contributed by atoms with Crippen LogP contribution in [0.4, 0.5) is 0 Å². The molecule has 0 rings (SSSR count). The van der Waals surface area contributed by atoms with E-state index in [9.17, 15) is 14.4 Å². The molecule has 0 bridgehead atoms. The average Bonchev–Trinajstić information content (AvgIpc) is 3.24. The standard InChI is InChI=1S/C54H86O6/c1-4-7-10-13-16-19-22-25-27-30-32-35-38-41-44-47-53(56)59-50-51(49-58-52(55)46-43-40-37-34-31-28-24-21-18-15-12-9-6-3)60-54(57)48-45-42-39-36-33-29-26-23-20-17-14-11-8-5-2/h7-13,15-22,24,28,31,51H,4-6,14,23,25-27,29-30,32-50H2,1-3H3/b10-7+,11-8+,12-9+,16-13+,18-15+,20-17+,22-19+,24-21+,31-28+. The predicted molar refractivity (Wildman–Crippen MR) is 256 cm³/mol. The zero-order chi connectivity index (χ0) is 43.7. The van der Waals surface area contributed by atoms with E-state index in [1.54, 1.807) is 0 Å². The molecule has 0 aromatic heterocycles. The first-order chi connectivity index (χ1) is 29.5. The van der Waals surface area contributed by atoms with Crippen LogP contribution in [0.2, 0.25) is 0 Å². The summed E-state index contributed by atoms with van der Waals surface area (Å²) < 4.78 is 16.7. The van der Waals surface area contributed by atoms with Crippen LogP contribution in [0.3, 0.4) is 0 Å². The third-order valence-electron chi connectivity index (χ3n) is 9.66. The van der Waals surface area contributed by atoms with Gasteiger partial charge < -0.3 is 14.2 Å². The van der Waals surface area contributed by atoms with Crippen molar-refractivity contribution in [2.45, 2.75) is 200 Å². The summed E-state index contributed by atoms with van der Waals surface area (Å²) in [6, 6.07) is 0. The molecule has 0 fully saturated rings. The van der Waals surface area contributed by atoms with Gasteiger partial charge in [0.2, 0.25) is 0 Å². The Balaban J connectivity index is 4.49. The quantitative estimate of drug-likeness (QED) is 0.0201. The first-order valence-electron chi connectivity index (χ1n) is 24.0. The molecule has 0 aromatic carbocycles. The van der Waals surface area contributed by atoms with E-state index in [1.807, 2.05) is 36.5 Å². The van der Waals surface area contributed by atoms with Gasteiger partial charge in [-0.05, 0) is 83.5 Å². The monoisotopic (exact) mass is 831 g/mol. The molecule has 6 heteroatoms. The fourth-order valence-corrected chi connectivity index (χ4v) is 6.14. The average molecular weight is 831 g/mol. The minimum absolute atomic E-state index is 0.103. The topological polar surface area (TPSA) is 78.9 Å². The Kier molecular flexibility index (Phi) is 44.6. The molecule has 0 spiro atoms. The number of hydrogen-bond acceptors (Lipinski definition) is 6. The van der Waals surface area contributed by atoms with E-state index >= 15 is 0 Å². The van der Waals surface area contributed by atoms with Crippen LogP contribution in [-0.2, 0) is 28.6 Å². The molecule has 0 heterocycles. The third kappa shape index (κ3) is 45.2. The number of carbonyl (C=O) groups excluding carboxylic acids is 3. The number of ether oxygens (including phenoxy) is 3. The van der Waals surface area contributed by atoms with Crippen molar-refractivity contribution in [3.8, 4) is 0 Å². The summed E-state index contributed by atoms with van der Waals surface area (Å²) in [5.74, 6) is -0.972. The minimum atomic E-state index is -0.804. The lowest BCUT2D eigenvalue weighted by Gasteiger charge is -2.18. The van der Waals surface area contributed by atoms with Crippen molar-refractivity contribution in [2.75, 3.05) is 13.2 Å². The highest BCUT2D eigenvalue weighted by Gasteiger charge is 2.19. The van der Waals surface area contributed by atoms with Crippen molar-refractivity contribution in [2.24, 2.45) is 0 Å². The second-order valence-electron chi connectivity index (χ2n) is 15.4. The molecular weight excluding hydrogens is 745 g/mol. The zero-order valence-corrected chi connectivity index (χ0v) is 38.4. The molecule has 0 saturated heterocycles. The maximum Gasteiger partial charge on any atom is 0.306 e. The SMILES string of the molecule is CC/C=C/C=C/C=C/C=C/CCCCCC(=O)OCC(COC(=O)CCCCCCCCC/C=C/C=C/C=C/CC)OC(=O)CCCCCCCCC/C=C/C/C=C/CC. The molecule has 0 N–H and O–H groups in total. The Labute approximate surface area is 368 Å². The van der Waals surface area contributed by atoms with Gasteiger partial charge >= 0.3 is 17.9 Å². The van der Waals surface area contributed by atoms with Gasteiger partial charge in [-0.15, -0.1) is 0 Å². The van der Waals surface area contributed by atoms with E-state index in [2.05, 4.69) is 93.7 Å². The maximum atomic E-state index is 12.8. The van der Waals surface area contributed by atoms with Gasteiger partial charge in [-0.2, -0.15) is 0 Å². The normalized spacial score (nSPS) is 13.1. The molecule has 6 nitrogen and oxygen atoms in total. The van der Waals surface area contributed by atoms with Gasteiger partial charge in [0.25, 0.3) is 0 Å². The molecular formula is C54H86O6. The van der Waals surface area contributed by atoms with Crippen molar-refractivity contribution in [3.63, 3.8) is 0 Å². The molecule has 0 saturated carbocycles. The van der Waals surface area contributed by atoms with Crippen molar-refractivity contribution < 1.29 is 28.6 Å². The molecule has 338 valence electrons. The minimum Gasteiger partial charge on any atom is -0.462 e. The Morgan fingerprint density at radius 2 is 0.683 bits per heavy atom. The molecule has 60 heavy (non-hydrogen) atoms. The number of hydrogen-bond donors (Lipinski definition) is 0. The van der Waals surface area contributed by atoms with E-state index in [0.717, 1.165) is 103 Å². The summed E-state index contributed by atoms with van der Waals surface area (Å²) in [6.07, 6.45) is 63.5. The predicted octanol–water partition coefficient (Wildman–Crippen LogP) is 15.6. The molecule has 0 aliphatic rings. The third-order valence-corrected chi connectivity index (χ3v) is 9.66. The van der Waals surface area contributed by atoms with Crippen LogP contribution in [0.1, 0.15) is 194 Å². The van der Waals surface area contributed by atoms with Crippen LogP contribution in [0, 0.1) is 0 Å². The van der Waals surface area contributed by atoms with E-state index < -0.39 is 6.10 Å². The highest BCUT2D eigenvalue weighted by atomic mass is 16.6. The highest BCUT2D eigenvalue weighted by molar-refractivity contribution is 5.71. The van der Waals surface area contributed by atoms with Crippen LogP contribution in [0.5, 0.6) is 0 Å². The second-order valence-corrected chi connectivity index (χ2v) is 15.4. The first kappa shape index (κ1) is 56.1. The summed E-state index contributed by atoms with van der Waals surface area (Å²) >= 11 is 0. The van der Waals surface area contributed by atoms with Crippen molar-refractivity contribution in [3.05, 3.63) is 109 Å². The largest absolute Gasteiger partial charge is 0.462 e. The van der Waals surface area contributed by atoms with Gasteiger partial charge in [-0.1, -0.05) is 201 Å². The Morgan fingerprint density at radius 1 is 0.350 bits per heavy atom. The second kappa shape index (κ2) is 47.7. The number of carbonyl (C=O) groups is 3. The highest BCUT2D eigenvalue weighted by Crippen LogP contribution is 2.13. The number of unbranched alkanes of at least 4 members (excludes halogenated alkanes) is 17. The summed E-state index contributed by atoms with van der Waals surface area (Å²) in [7, 11) is 0. The van der Waals surface area contributed by atoms with Gasteiger partial charge in [0, 0.05) is 19.3 Å². The van der Waals surface area contributed by atoms with Crippen LogP contribution in [-0.4, -0.2) is 37.2 Å². The summed E-state index contributed by atoms with van der Waals surface area (Å²) in [5, 5.41) is 0. The molecule has 0 amide bonds. The van der Waals surface area contributed by atoms with Crippen molar-refractivity contribution in [1.82, 2.24) is 0 Å². The maximum absolute atomic E-state index is 12.8. The fourth-order valence-electron chi connectivity index (χ4n) is 6.14. The lowest BCUT2D eigenvalue weighted by molar-refractivity contribution is -0.167. The summed E-state index contributed by atoms with van der Waals surface area (Å²) in [4.78, 5) is 37.9. The van der Waals surface area contributed by atoms with Crippen LogP contribution in [0.15, 0.2) is 109 Å². The Morgan fingerprint density at radius 3 is 1.13 bits per heavy atom. The number of allylic oxidation sites excluding steroid dienone is 18. The molecule has 0 aliphatic carbocycles. The summed E-state index contributed by atoms with van der Waals surface area (Å²) in [6.45, 7) is 6.19. The van der Waals surface area contributed by atoms with Crippen LogP contribution in [0.25, 0.3) is 0 Å². The Hall–Kier alpha value is -3.93. The zero-order valence-electron chi connectivity index (χ0n) is 38.4. The van der Waals surface area contributed by atoms with Gasteiger partial charge in [-0.25, -0.2) is 0 Å². The van der Waals surface area contributed by atoms with Gasteiger partial charge in [0.15, 0.2) is 6.10 Å². The van der Waals surface area contributed by atoms with Gasteiger partial charge in [0.1, 0.15) is 13.2 Å². The molecule has 0 radical (unpaired) electrons. The Bertz CT molecular complexity index is 1280. The lowest BCUT2D eigenvalue weighted by atomic mass is 10.1. The van der Waals surface area contributed by atoms with Gasteiger partial charge in [0.05, 0.1) is 0 Å². The van der Waals surface area contributed by atoms with E-state index in [0.29, 0.717) is 19.3 Å². The van der Waals surface area contributed by atoms with Crippen molar-refractivity contribution >= 4 is 17.9 Å². The lowest BCUT2D eigenvalue weighted by Crippen LogP contribution is -2.30. The van der Waals surface area contributed by atoms with Gasteiger partial charge in [-0.3, -0.25) is 14.4 Å². The fraction of sp³-hybridized carbons (Fsp3) is 0.611. The number of esters is 3. The van der Waals surface area contributed by atoms with E-state index in [-0.39, 0.29) is 31.1 Å².